The summed E-state index contributed by atoms with van der Waals surface area (Å²) in [5.41, 5.74) is 0.840. The van der Waals surface area contributed by atoms with Crippen LogP contribution < -0.4 is 10.9 Å². The molecule has 2 aromatic rings. The maximum absolute atomic E-state index is 12.1. The molecule has 100 valence electrons. The topological polar surface area (TPSA) is 46.9 Å². The van der Waals surface area contributed by atoms with Crippen LogP contribution in [0.25, 0.3) is 0 Å². The minimum Gasteiger partial charge on any atom is -0.361 e. The van der Waals surface area contributed by atoms with Crippen LogP contribution in [0, 0.1) is 0 Å². The summed E-state index contributed by atoms with van der Waals surface area (Å²) in [6, 6.07) is 7.53. The molecule has 0 aliphatic carbocycles. The van der Waals surface area contributed by atoms with E-state index in [0.29, 0.717) is 23.9 Å². The number of anilines is 1. The third-order valence-corrected chi connectivity index (χ3v) is 3.15. The summed E-state index contributed by atoms with van der Waals surface area (Å²) < 4.78 is 1.65. The molecule has 1 heterocycles. The SMILES string of the molecule is CCCn1ccnc(NCc2ccccc2Cl)c1=O. The number of rotatable bonds is 5. The number of hydrogen-bond acceptors (Lipinski definition) is 3. The number of aryl methyl sites for hydroxylation is 1. The molecule has 0 unspecified atom stereocenters. The van der Waals surface area contributed by atoms with Crippen molar-refractivity contribution in [1.82, 2.24) is 9.55 Å². The van der Waals surface area contributed by atoms with Gasteiger partial charge in [-0.15, -0.1) is 0 Å². The number of nitrogens with one attached hydrogen (secondary N) is 1. The van der Waals surface area contributed by atoms with Crippen molar-refractivity contribution in [2.45, 2.75) is 26.4 Å². The van der Waals surface area contributed by atoms with Crippen LogP contribution >= 0.6 is 11.6 Å². The minimum absolute atomic E-state index is 0.101. The second-order valence-corrected chi connectivity index (χ2v) is 4.63. The first-order valence-corrected chi connectivity index (χ1v) is 6.63. The Labute approximate surface area is 117 Å². The first-order valence-electron chi connectivity index (χ1n) is 6.25. The summed E-state index contributed by atoms with van der Waals surface area (Å²) in [5.74, 6) is 0.357. The van der Waals surface area contributed by atoms with Crippen molar-refractivity contribution in [3.63, 3.8) is 0 Å². The Morgan fingerprint density at radius 3 is 2.89 bits per heavy atom. The van der Waals surface area contributed by atoms with Gasteiger partial charge in [-0.3, -0.25) is 4.79 Å². The minimum atomic E-state index is -0.101. The predicted octanol–water partition coefficient (Wildman–Crippen LogP) is 2.92. The van der Waals surface area contributed by atoms with E-state index in [1.165, 1.54) is 0 Å². The zero-order valence-corrected chi connectivity index (χ0v) is 11.5. The summed E-state index contributed by atoms with van der Waals surface area (Å²) in [6.45, 7) is 3.21. The van der Waals surface area contributed by atoms with E-state index in [9.17, 15) is 4.79 Å². The quantitative estimate of drug-likeness (QED) is 0.914. The lowest BCUT2D eigenvalue weighted by atomic mass is 10.2. The van der Waals surface area contributed by atoms with Gasteiger partial charge in [0.15, 0.2) is 5.82 Å². The molecule has 0 amide bonds. The maximum atomic E-state index is 12.1. The number of halogens is 1. The van der Waals surface area contributed by atoms with Crippen LogP contribution in [0.3, 0.4) is 0 Å². The summed E-state index contributed by atoms with van der Waals surface area (Å²) in [6.07, 6.45) is 4.24. The van der Waals surface area contributed by atoms with E-state index in [1.54, 1.807) is 17.0 Å². The van der Waals surface area contributed by atoms with Crippen molar-refractivity contribution in [3.8, 4) is 0 Å². The van der Waals surface area contributed by atoms with Crippen molar-refractivity contribution < 1.29 is 0 Å². The monoisotopic (exact) mass is 277 g/mol. The molecule has 0 aliphatic heterocycles. The first kappa shape index (κ1) is 13.6. The molecule has 0 radical (unpaired) electrons. The number of nitrogens with zero attached hydrogens (tertiary/aromatic N) is 2. The van der Waals surface area contributed by atoms with E-state index < -0.39 is 0 Å². The molecule has 0 saturated heterocycles. The lowest BCUT2D eigenvalue weighted by Gasteiger charge is -2.09. The second-order valence-electron chi connectivity index (χ2n) is 4.22. The third-order valence-electron chi connectivity index (χ3n) is 2.78. The number of aromatic nitrogens is 2. The van der Waals surface area contributed by atoms with Gasteiger partial charge in [0.05, 0.1) is 0 Å². The summed E-state index contributed by atoms with van der Waals surface area (Å²) in [4.78, 5) is 16.1. The Morgan fingerprint density at radius 2 is 2.16 bits per heavy atom. The normalized spacial score (nSPS) is 10.4. The molecule has 0 spiro atoms. The Morgan fingerprint density at radius 1 is 1.37 bits per heavy atom. The standard InChI is InChI=1S/C14H16ClN3O/c1-2-8-18-9-7-16-13(14(18)19)17-10-11-5-3-4-6-12(11)15/h3-7,9H,2,8,10H2,1H3,(H,16,17). The molecule has 0 saturated carbocycles. The van der Waals surface area contributed by atoms with Crippen molar-refractivity contribution in [3.05, 3.63) is 57.6 Å². The van der Waals surface area contributed by atoms with E-state index in [0.717, 1.165) is 12.0 Å². The van der Waals surface area contributed by atoms with E-state index in [4.69, 9.17) is 11.6 Å². The Kier molecular flexibility index (Phi) is 4.58. The zero-order chi connectivity index (χ0) is 13.7. The first-order chi connectivity index (χ1) is 9.22. The molecule has 1 aromatic carbocycles. The molecule has 5 heteroatoms. The molecular weight excluding hydrogens is 262 g/mol. The molecular formula is C14H16ClN3O. The number of hydrogen-bond donors (Lipinski definition) is 1. The molecule has 1 aromatic heterocycles. The highest BCUT2D eigenvalue weighted by molar-refractivity contribution is 6.31. The van der Waals surface area contributed by atoms with Crippen molar-refractivity contribution >= 4 is 17.4 Å². The van der Waals surface area contributed by atoms with E-state index in [2.05, 4.69) is 10.3 Å². The summed E-state index contributed by atoms with van der Waals surface area (Å²) >= 11 is 6.07. The van der Waals surface area contributed by atoms with E-state index in [-0.39, 0.29) is 5.56 Å². The Bertz CT molecular complexity index is 610. The summed E-state index contributed by atoms with van der Waals surface area (Å²) in [5, 5.41) is 3.72. The zero-order valence-electron chi connectivity index (χ0n) is 10.8. The van der Waals surface area contributed by atoms with Gasteiger partial charge in [0.2, 0.25) is 0 Å². The average Bonchev–Trinajstić information content (AvgIpc) is 2.42. The molecule has 2 rings (SSSR count). The van der Waals surface area contributed by atoms with Crippen LogP contribution in [-0.4, -0.2) is 9.55 Å². The molecule has 0 fully saturated rings. The number of benzene rings is 1. The molecule has 0 aliphatic rings. The third kappa shape index (κ3) is 3.35. The Balaban J connectivity index is 2.14. The van der Waals surface area contributed by atoms with Crippen LogP contribution in [0.2, 0.25) is 5.02 Å². The van der Waals surface area contributed by atoms with Crippen LogP contribution in [0.5, 0.6) is 0 Å². The van der Waals surface area contributed by atoms with Gasteiger partial charge in [0.1, 0.15) is 0 Å². The van der Waals surface area contributed by atoms with Gasteiger partial charge in [-0.25, -0.2) is 4.98 Å². The van der Waals surface area contributed by atoms with E-state index in [1.807, 2.05) is 31.2 Å². The van der Waals surface area contributed by atoms with Gasteiger partial charge in [-0.05, 0) is 18.1 Å². The predicted molar refractivity (Wildman–Crippen MR) is 77.6 cm³/mol. The fraction of sp³-hybridized carbons (Fsp3) is 0.286. The highest BCUT2D eigenvalue weighted by Crippen LogP contribution is 2.15. The second kappa shape index (κ2) is 6.38. The smallest absolute Gasteiger partial charge is 0.293 e. The van der Waals surface area contributed by atoms with Crippen LogP contribution in [0.4, 0.5) is 5.82 Å². The van der Waals surface area contributed by atoms with Gasteiger partial charge in [-0.2, -0.15) is 0 Å². The molecule has 19 heavy (non-hydrogen) atoms. The lowest BCUT2D eigenvalue weighted by molar-refractivity contribution is 0.649. The fourth-order valence-electron chi connectivity index (χ4n) is 1.81. The van der Waals surface area contributed by atoms with Crippen molar-refractivity contribution in [1.29, 1.82) is 0 Å². The lowest BCUT2D eigenvalue weighted by Crippen LogP contribution is -2.24. The molecule has 0 atom stereocenters. The van der Waals surface area contributed by atoms with Crippen molar-refractivity contribution in [2.75, 3.05) is 5.32 Å². The van der Waals surface area contributed by atoms with Gasteiger partial charge in [0, 0.05) is 30.5 Å². The highest BCUT2D eigenvalue weighted by atomic mass is 35.5. The molecule has 4 nitrogen and oxygen atoms in total. The van der Waals surface area contributed by atoms with Gasteiger partial charge in [0.25, 0.3) is 5.56 Å². The van der Waals surface area contributed by atoms with Crippen LogP contribution in [0.15, 0.2) is 41.5 Å². The molecule has 1 N–H and O–H groups in total. The highest BCUT2D eigenvalue weighted by Gasteiger charge is 2.05. The van der Waals surface area contributed by atoms with Crippen molar-refractivity contribution in [2.24, 2.45) is 0 Å². The maximum Gasteiger partial charge on any atom is 0.293 e. The Hall–Kier alpha value is -1.81. The summed E-state index contributed by atoms with van der Waals surface area (Å²) in [7, 11) is 0. The fourth-order valence-corrected chi connectivity index (χ4v) is 2.01. The van der Waals surface area contributed by atoms with Gasteiger partial charge >= 0.3 is 0 Å². The largest absolute Gasteiger partial charge is 0.361 e. The van der Waals surface area contributed by atoms with E-state index >= 15 is 0 Å². The van der Waals surface area contributed by atoms with Crippen LogP contribution in [-0.2, 0) is 13.1 Å². The average molecular weight is 278 g/mol. The van der Waals surface area contributed by atoms with Gasteiger partial charge in [-0.1, -0.05) is 36.7 Å². The van der Waals surface area contributed by atoms with Crippen LogP contribution in [0.1, 0.15) is 18.9 Å². The van der Waals surface area contributed by atoms with Gasteiger partial charge < -0.3 is 9.88 Å². The molecule has 0 bridgehead atoms.